The summed E-state index contributed by atoms with van der Waals surface area (Å²) in [5.74, 6) is 0.499. The average molecular weight is 530 g/mol. The maximum atomic E-state index is 13.2. The van der Waals surface area contributed by atoms with Gasteiger partial charge < -0.3 is 15.8 Å². The molecule has 5 nitrogen and oxygen atoms in total. The Labute approximate surface area is 209 Å². The number of thiophene rings is 1. The van der Waals surface area contributed by atoms with Crippen LogP contribution in [0.1, 0.15) is 9.67 Å². The fourth-order valence-electron chi connectivity index (χ4n) is 3.79. The first-order chi connectivity index (χ1) is 16.5. The zero-order valence-electron chi connectivity index (χ0n) is 18.2. The number of para-hydroxylation sites is 1. The fraction of sp³-hybridized carbons (Fsp3) is 0.0370. The number of nitrogens with one attached hydrogen (secondary N) is 1. The molecule has 0 atom stereocenters. The molecule has 3 N–H and O–H groups in total. The van der Waals surface area contributed by atoms with Crippen LogP contribution in [0.25, 0.3) is 32.6 Å². The van der Waals surface area contributed by atoms with Crippen molar-refractivity contribution in [3.8, 4) is 28.1 Å². The van der Waals surface area contributed by atoms with Crippen LogP contribution < -0.4 is 15.8 Å². The van der Waals surface area contributed by atoms with Gasteiger partial charge in [-0.05, 0) is 57.4 Å². The molecule has 7 heteroatoms. The first-order valence-electron chi connectivity index (χ1n) is 10.5. The van der Waals surface area contributed by atoms with Gasteiger partial charge in [-0.15, -0.1) is 11.3 Å². The third-order valence-electron chi connectivity index (χ3n) is 5.50. The van der Waals surface area contributed by atoms with Gasteiger partial charge in [0.25, 0.3) is 5.91 Å². The summed E-state index contributed by atoms with van der Waals surface area (Å²) in [6, 6.07) is 27.2. The molecule has 2 heterocycles. The first kappa shape index (κ1) is 22.1. The van der Waals surface area contributed by atoms with Crippen molar-refractivity contribution in [2.75, 3.05) is 18.2 Å². The highest BCUT2D eigenvalue weighted by Crippen LogP contribution is 2.42. The number of amides is 1. The molecule has 5 rings (SSSR count). The standard InChI is InChI=1S/C27H20BrN3O2S/c1-33-18-13-11-16(12-14-18)19-15-22(17-7-3-2-4-8-17)31-27-23(19)24(29)25(34-27)26(32)30-21-10-6-5-9-20(21)28/h2-15H,29H2,1H3,(H,30,32). The Morgan fingerprint density at radius 1 is 0.971 bits per heavy atom. The molecular weight excluding hydrogens is 510 g/mol. The van der Waals surface area contributed by atoms with Crippen LogP contribution in [0.2, 0.25) is 0 Å². The lowest BCUT2D eigenvalue weighted by molar-refractivity contribution is 0.103. The van der Waals surface area contributed by atoms with Crippen LogP contribution in [-0.4, -0.2) is 18.0 Å². The van der Waals surface area contributed by atoms with Crippen LogP contribution in [-0.2, 0) is 0 Å². The average Bonchev–Trinajstić information content (AvgIpc) is 3.22. The van der Waals surface area contributed by atoms with E-state index in [0.29, 0.717) is 21.1 Å². The third kappa shape index (κ3) is 4.16. The number of ether oxygens (including phenoxy) is 1. The number of nitrogens with two attached hydrogens (primary N) is 1. The fourth-order valence-corrected chi connectivity index (χ4v) is 5.19. The van der Waals surface area contributed by atoms with Crippen LogP contribution in [0.4, 0.5) is 11.4 Å². The number of nitrogens with zero attached hydrogens (tertiary/aromatic N) is 1. The second-order valence-corrected chi connectivity index (χ2v) is 9.46. The van der Waals surface area contributed by atoms with E-state index in [9.17, 15) is 4.79 Å². The zero-order chi connectivity index (χ0) is 23.7. The van der Waals surface area contributed by atoms with Gasteiger partial charge in [0, 0.05) is 15.4 Å². The van der Waals surface area contributed by atoms with Gasteiger partial charge >= 0.3 is 0 Å². The van der Waals surface area contributed by atoms with Crippen molar-refractivity contribution in [3.63, 3.8) is 0 Å². The number of methoxy groups -OCH3 is 1. The van der Waals surface area contributed by atoms with Crippen LogP contribution >= 0.6 is 27.3 Å². The third-order valence-corrected chi connectivity index (χ3v) is 7.29. The second kappa shape index (κ2) is 9.29. The Morgan fingerprint density at radius 2 is 1.68 bits per heavy atom. The largest absolute Gasteiger partial charge is 0.497 e. The SMILES string of the molecule is COc1ccc(-c2cc(-c3ccccc3)nc3sc(C(=O)Nc4ccccc4Br)c(N)c23)cc1. The Hall–Kier alpha value is -3.68. The van der Waals surface area contributed by atoms with Crippen molar-refractivity contribution in [1.82, 2.24) is 4.98 Å². The van der Waals surface area contributed by atoms with Gasteiger partial charge in [0.1, 0.15) is 15.5 Å². The molecule has 0 aliphatic rings. The van der Waals surface area contributed by atoms with Crippen LogP contribution in [0.5, 0.6) is 5.75 Å². The number of hydrogen-bond acceptors (Lipinski definition) is 5. The summed E-state index contributed by atoms with van der Waals surface area (Å²) in [6.45, 7) is 0. The summed E-state index contributed by atoms with van der Waals surface area (Å²) >= 11 is 4.77. The number of benzene rings is 3. The molecular formula is C27H20BrN3O2S. The minimum atomic E-state index is -0.269. The van der Waals surface area contributed by atoms with Crippen LogP contribution in [0.3, 0.4) is 0 Å². The summed E-state index contributed by atoms with van der Waals surface area (Å²) in [7, 11) is 1.64. The molecule has 0 aliphatic heterocycles. The number of pyridine rings is 1. The van der Waals surface area contributed by atoms with Crippen molar-refractivity contribution in [2.45, 2.75) is 0 Å². The van der Waals surface area contributed by atoms with E-state index >= 15 is 0 Å². The van der Waals surface area contributed by atoms with Gasteiger partial charge in [0.05, 0.1) is 24.2 Å². The van der Waals surface area contributed by atoms with E-state index in [-0.39, 0.29) is 5.91 Å². The van der Waals surface area contributed by atoms with Crippen molar-refractivity contribution in [3.05, 3.63) is 94.3 Å². The molecule has 168 valence electrons. The number of aromatic nitrogens is 1. The summed E-state index contributed by atoms with van der Waals surface area (Å²) in [6.07, 6.45) is 0. The van der Waals surface area contributed by atoms with E-state index in [1.54, 1.807) is 7.11 Å². The number of anilines is 2. The topological polar surface area (TPSA) is 77.2 Å². The van der Waals surface area contributed by atoms with E-state index < -0.39 is 0 Å². The molecule has 0 spiro atoms. The smallest absolute Gasteiger partial charge is 0.267 e. The number of carbonyl (C=O) groups excluding carboxylic acids is 1. The molecule has 0 bridgehead atoms. The van der Waals surface area contributed by atoms with Gasteiger partial charge in [0.2, 0.25) is 0 Å². The van der Waals surface area contributed by atoms with E-state index in [2.05, 4.69) is 21.2 Å². The predicted octanol–water partition coefficient (Wildman–Crippen LogP) is 7.24. The number of rotatable bonds is 5. The summed E-state index contributed by atoms with van der Waals surface area (Å²) < 4.78 is 6.12. The van der Waals surface area contributed by atoms with Gasteiger partial charge in [-0.25, -0.2) is 4.98 Å². The molecule has 34 heavy (non-hydrogen) atoms. The van der Waals surface area contributed by atoms with E-state index in [1.807, 2.05) is 84.9 Å². The maximum Gasteiger partial charge on any atom is 0.267 e. The lowest BCUT2D eigenvalue weighted by Crippen LogP contribution is -2.12. The second-order valence-electron chi connectivity index (χ2n) is 7.61. The van der Waals surface area contributed by atoms with Crippen molar-refractivity contribution >= 4 is 54.8 Å². The summed E-state index contributed by atoms with van der Waals surface area (Å²) in [5, 5.41) is 3.72. The highest BCUT2D eigenvalue weighted by Gasteiger charge is 2.22. The molecule has 0 radical (unpaired) electrons. The lowest BCUT2D eigenvalue weighted by atomic mass is 9.99. The monoisotopic (exact) mass is 529 g/mol. The number of halogens is 1. The highest BCUT2D eigenvalue weighted by atomic mass is 79.9. The van der Waals surface area contributed by atoms with Gasteiger partial charge in [-0.1, -0.05) is 54.6 Å². The molecule has 0 fully saturated rings. The summed E-state index contributed by atoms with van der Waals surface area (Å²) in [4.78, 5) is 19.2. The van der Waals surface area contributed by atoms with Crippen LogP contribution in [0, 0.1) is 0 Å². The Kier molecular flexibility index (Phi) is 6.04. The normalized spacial score (nSPS) is 10.9. The van der Waals surface area contributed by atoms with Crippen LogP contribution in [0.15, 0.2) is 89.4 Å². The maximum absolute atomic E-state index is 13.2. The lowest BCUT2D eigenvalue weighted by Gasteiger charge is -2.10. The first-order valence-corrected chi connectivity index (χ1v) is 12.1. The van der Waals surface area contributed by atoms with Crippen molar-refractivity contribution < 1.29 is 9.53 Å². The number of hydrogen-bond donors (Lipinski definition) is 2. The predicted molar refractivity (Wildman–Crippen MR) is 144 cm³/mol. The van der Waals surface area contributed by atoms with E-state index in [0.717, 1.165) is 38.0 Å². The number of fused-ring (bicyclic) bond motifs is 1. The van der Waals surface area contributed by atoms with E-state index in [1.165, 1.54) is 11.3 Å². The van der Waals surface area contributed by atoms with Gasteiger partial charge in [-0.2, -0.15) is 0 Å². The molecule has 3 aromatic carbocycles. The molecule has 0 saturated heterocycles. The minimum Gasteiger partial charge on any atom is -0.497 e. The Bertz CT molecular complexity index is 1500. The van der Waals surface area contributed by atoms with Gasteiger partial charge in [0.15, 0.2) is 0 Å². The molecule has 0 unspecified atom stereocenters. The Balaban J connectivity index is 1.67. The zero-order valence-corrected chi connectivity index (χ0v) is 20.6. The van der Waals surface area contributed by atoms with Crippen molar-refractivity contribution in [2.24, 2.45) is 0 Å². The number of carbonyl (C=O) groups is 1. The molecule has 1 amide bonds. The molecule has 0 saturated carbocycles. The highest BCUT2D eigenvalue weighted by molar-refractivity contribution is 9.10. The number of nitrogen functional groups attached to an aromatic ring is 1. The molecule has 5 aromatic rings. The Morgan fingerprint density at radius 3 is 2.38 bits per heavy atom. The summed E-state index contributed by atoms with van der Waals surface area (Å²) in [5.41, 5.74) is 11.4. The molecule has 2 aromatic heterocycles. The van der Waals surface area contributed by atoms with Gasteiger partial charge in [-0.3, -0.25) is 4.79 Å². The molecule has 0 aliphatic carbocycles. The minimum absolute atomic E-state index is 0.269. The quantitative estimate of drug-likeness (QED) is 0.251. The van der Waals surface area contributed by atoms with E-state index in [4.69, 9.17) is 15.5 Å². The van der Waals surface area contributed by atoms with Crippen molar-refractivity contribution in [1.29, 1.82) is 0 Å².